The Morgan fingerprint density at radius 1 is 1.40 bits per heavy atom. The SMILES string of the molecule is CCNCc1c(C)cc(C)nc1N1CCOCC1CC. The van der Waals surface area contributed by atoms with Crippen LogP contribution in [0, 0.1) is 13.8 Å². The van der Waals surface area contributed by atoms with E-state index in [0.717, 1.165) is 50.8 Å². The van der Waals surface area contributed by atoms with Crippen LogP contribution in [0.25, 0.3) is 0 Å². The van der Waals surface area contributed by atoms with Gasteiger partial charge in [0.25, 0.3) is 0 Å². The van der Waals surface area contributed by atoms with Gasteiger partial charge in [0.05, 0.1) is 19.3 Å². The number of aryl methyl sites for hydroxylation is 2. The molecule has 1 fully saturated rings. The van der Waals surface area contributed by atoms with E-state index in [1.807, 2.05) is 0 Å². The summed E-state index contributed by atoms with van der Waals surface area (Å²) in [5.74, 6) is 1.15. The minimum absolute atomic E-state index is 0.442. The topological polar surface area (TPSA) is 37.4 Å². The van der Waals surface area contributed by atoms with E-state index in [0.29, 0.717) is 6.04 Å². The van der Waals surface area contributed by atoms with E-state index < -0.39 is 0 Å². The Balaban J connectivity index is 2.36. The average molecular weight is 277 g/mol. The maximum atomic E-state index is 5.62. The van der Waals surface area contributed by atoms with Crippen LogP contribution in [0.4, 0.5) is 5.82 Å². The van der Waals surface area contributed by atoms with Crippen molar-refractivity contribution in [3.8, 4) is 0 Å². The second kappa shape index (κ2) is 7.04. The molecule has 0 aromatic carbocycles. The quantitative estimate of drug-likeness (QED) is 0.897. The van der Waals surface area contributed by atoms with Crippen molar-refractivity contribution in [3.63, 3.8) is 0 Å². The number of aromatic nitrogens is 1. The Bertz CT molecular complexity index is 448. The van der Waals surface area contributed by atoms with Gasteiger partial charge in [0, 0.05) is 24.3 Å². The van der Waals surface area contributed by atoms with E-state index in [1.165, 1.54) is 11.1 Å². The van der Waals surface area contributed by atoms with Gasteiger partial charge in [-0.3, -0.25) is 0 Å². The molecular weight excluding hydrogens is 250 g/mol. The van der Waals surface area contributed by atoms with Crippen molar-refractivity contribution in [2.45, 2.75) is 46.7 Å². The molecule has 1 N–H and O–H groups in total. The van der Waals surface area contributed by atoms with Crippen molar-refractivity contribution >= 4 is 5.82 Å². The van der Waals surface area contributed by atoms with Crippen LogP contribution in [0.1, 0.15) is 37.1 Å². The predicted molar refractivity (Wildman–Crippen MR) is 83.3 cm³/mol. The Labute approximate surface area is 122 Å². The zero-order valence-corrected chi connectivity index (χ0v) is 13.2. The predicted octanol–water partition coefficient (Wildman–Crippen LogP) is 2.42. The van der Waals surface area contributed by atoms with E-state index in [1.54, 1.807) is 0 Å². The van der Waals surface area contributed by atoms with Crippen molar-refractivity contribution in [2.75, 3.05) is 31.2 Å². The molecule has 1 aromatic rings. The third-order valence-electron chi connectivity index (χ3n) is 3.98. The largest absolute Gasteiger partial charge is 0.377 e. The molecule has 1 unspecified atom stereocenters. The molecular formula is C16H27N3O. The molecule has 4 nitrogen and oxygen atoms in total. The number of pyridine rings is 1. The highest BCUT2D eigenvalue weighted by Crippen LogP contribution is 2.26. The Kier molecular flexibility index (Phi) is 5.38. The van der Waals surface area contributed by atoms with Gasteiger partial charge in [-0.1, -0.05) is 13.8 Å². The van der Waals surface area contributed by atoms with Crippen LogP contribution in [-0.4, -0.2) is 37.3 Å². The molecule has 0 spiro atoms. The number of nitrogens with zero attached hydrogens (tertiary/aromatic N) is 2. The Morgan fingerprint density at radius 2 is 2.20 bits per heavy atom. The van der Waals surface area contributed by atoms with Crippen molar-refractivity contribution in [2.24, 2.45) is 0 Å². The number of hydrogen-bond donors (Lipinski definition) is 1. The minimum Gasteiger partial charge on any atom is -0.377 e. The van der Waals surface area contributed by atoms with Crippen LogP contribution >= 0.6 is 0 Å². The van der Waals surface area contributed by atoms with Gasteiger partial charge in [0.2, 0.25) is 0 Å². The van der Waals surface area contributed by atoms with Gasteiger partial charge < -0.3 is 15.0 Å². The molecule has 1 aromatic heterocycles. The first kappa shape index (κ1) is 15.3. The molecule has 0 amide bonds. The molecule has 2 heterocycles. The number of ether oxygens (including phenoxy) is 1. The molecule has 1 aliphatic rings. The summed E-state index contributed by atoms with van der Waals surface area (Å²) in [7, 11) is 0. The van der Waals surface area contributed by atoms with Crippen LogP contribution in [-0.2, 0) is 11.3 Å². The van der Waals surface area contributed by atoms with Crippen molar-refractivity contribution < 1.29 is 4.74 Å². The molecule has 0 saturated carbocycles. The summed E-state index contributed by atoms with van der Waals surface area (Å²) >= 11 is 0. The lowest BCUT2D eigenvalue weighted by Gasteiger charge is -2.37. The lowest BCUT2D eigenvalue weighted by atomic mass is 10.1. The molecule has 112 valence electrons. The normalized spacial score (nSPS) is 19.4. The highest BCUT2D eigenvalue weighted by atomic mass is 16.5. The van der Waals surface area contributed by atoms with Crippen molar-refractivity contribution in [1.82, 2.24) is 10.3 Å². The van der Waals surface area contributed by atoms with Crippen LogP contribution in [0.3, 0.4) is 0 Å². The maximum Gasteiger partial charge on any atom is 0.134 e. The Morgan fingerprint density at radius 3 is 2.90 bits per heavy atom. The smallest absolute Gasteiger partial charge is 0.134 e. The first-order valence-corrected chi connectivity index (χ1v) is 7.69. The molecule has 0 aliphatic carbocycles. The van der Waals surface area contributed by atoms with Crippen LogP contribution in [0.5, 0.6) is 0 Å². The van der Waals surface area contributed by atoms with E-state index in [-0.39, 0.29) is 0 Å². The summed E-state index contributed by atoms with van der Waals surface area (Å²) in [5, 5.41) is 3.44. The Hall–Kier alpha value is -1.13. The van der Waals surface area contributed by atoms with Gasteiger partial charge in [0.1, 0.15) is 5.82 Å². The molecule has 0 bridgehead atoms. The van der Waals surface area contributed by atoms with Gasteiger partial charge in [-0.2, -0.15) is 0 Å². The van der Waals surface area contributed by atoms with Crippen molar-refractivity contribution in [3.05, 3.63) is 22.9 Å². The lowest BCUT2D eigenvalue weighted by molar-refractivity contribution is 0.0924. The van der Waals surface area contributed by atoms with Gasteiger partial charge in [-0.05, 0) is 38.4 Å². The first-order chi connectivity index (χ1) is 9.67. The molecule has 1 aliphatic heterocycles. The molecule has 0 radical (unpaired) electrons. The fraction of sp³-hybridized carbons (Fsp3) is 0.688. The molecule has 1 saturated heterocycles. The van der Waals surface area contributed by atoms with Crippen LogP contribution in [0.15, 0.2) is 6.07 Å². The zero-order chi connectivity index (χ0) is 14.5. The summed E-state index contributed by atoms with van der Waals surface area (Å²) in [6.07, 6.45) is 1.09. The third kappa shape index (κ3) is 3.30. The first-order valence-electron chi connectivity index (χ1n) is 7.69. The fourth-order valence-corrected chi connectivity index (χ4v) is 2.82. The summed E-state index contributed by atoms with van der Waals surface area (Å²) in [4.78, 5) is 7.28. The summed E-state index contributed by atoms with van der Waals surface area (Å²) in [6.45, 7) is 13.0. The number of morpholine rings is 1. The zero-order valence-electron chi connectivity index (χ0n) is 13.2. The van der Waals surface area contributed by atoms with Gasteiger partial charge in [0.15, 0.2) is 0 Å². The van der Waals surface area contributed by atoms with Crippen LogP contribution in [0.2, 0.25) is 0 Å². The second-order valence-electron chi connectivity index (χ2n) is 5.49. The summed E-state index contributed by atoms with van der Waals surface area (Å²) in [6, 6.07) is 2.62. The fourth-order valence-electron chi connectivity index (χ4n) is 2.82. The van der Waals surface area contributed by atoms with Crippen molar-refractivity contribution in [1.29, 1.82) is 0 Å². The molecule has 2 rings (SSSR count). The highest BCUT2D eigenvalue weighted by Gasteiger charge is 2.25. The lowest BCUT2D eigenvalue weighted by Crippen LogP contribution is -2.46. The summed E-state index contributed by atoms with van der Waals surface area (Å²) in [5.41, 5.74) is 3.76. The number of hydrogen-bond acceptors (Lipinski definition) is 4. The minimum atomic E-state index is 0.442. The average Bonchev–Trinajstić information content (AvgIpc) is 2.45. The monoisotopic (exact) mass is 277 g/mol. The summed E-state index contributed by atoms with van der Waals surface area (Å²) < 4.78 is 5.62. The standard InChI is InChI=1S/C16H27N3O/c1-5-14-11-20-8-7-19(14)16-15(10-17-6-2)12(3)9-13(4)18-16/h9,14,17H,5-8,10-11H2,1-4H3. The second-order valence-corrected chi connectivity index (χ2v) is 5.49. The third-order valence-corrected chi connectivity index (χ3v) is 3.98. The number of rotatable bonds is 5. The van der Waals surface area contributed by atoms with Gasteiger partial charge >= 0.3 is 0 Å². The van der Waals surface area contributed by atoms with E-state index in [2.05, 4.69) is 44.0 Å². The maximum absolute atomic E-state index is 5.62. The van der Waals surface area contributed by atoms with E-state index >= 15 is 0 Å². The molecule has 1 atom stereocenters. The van der Waals surface area contributed by atoms with E-state index in [4.69, 9.17) is 9.72 Å². The highest BCUT2D eigenvalue weighted by molar-refractivity contribution is 5.52. The number of anilines is 1. The molecule has 20 heavy (non-hydrogen) atoms. The number of nitrogens with one attached hydrogen (secondary N) is 1. The van der Waals surface area contributed by atoms with Gasteiger partial charge in [-0.15, -0.1) is 0 Å². The van der Waals surface area contributed by atoms with E-state index in [9.17, 15) is 0 Å². The van der Waals surface area contributed by atoms with Gasteiger partial charge in [-0.25, -0.2) is 4.98 Å². The van der Waals surface area contributed by atoms with Crippen LogP contribution < -0.4 is 10.2 Å². The molecule has 4 heteroatoms.